The Morgan fingerprint density at radius 2 is 1.89 bits per heavy atom. The highest BCUT2D eigenvalue weighted by Gasteiger charge is 2.24. The molecule has 1 nitrogen and oxygen atoms in total. The second-order valence-corrected chi connectivity index (χ2v) is 1.29. The summed E-state index contributed by atoms with van der Waals surface area (Å²) in [5.74, 6) is -1.58. The molecule has 1 N–H and O–H groups in total. The third-order valence-corrected chi connectivity index (χ3v) is 0.471. The van der Waals surface area contributed by atoms with Gasteiger partial charge in [0.05, 0.1) is 12.7 Å². The summed E-state index contributed by atoms with van der Waals surface area (Å²) < 4.78 is 44.7. The summed E-state index contributed by atoms with van der Waals surface area (Å²) in [4.78, 5) is 0. The molecule has 0 saturated carbocycles. The molecule has 0 radical (unpaired) electrons. The van der Waals surface area contributed by atoms with Gasteiger partial charge in [0, 0.05) is 0 Å². The van der Waals surface area contributed by atoms with Crippen LogP contribution in [0.2, 0.25) is 0 Å². The van der Waals surface area contributed by atoms with Gasteiger partial charge in [-0.25, -0.2) is 4.39 Å². The van der Waals surface area contributed by atoms with E-state index in [9.17, 15) is 17.6 Å². The number of aliphatic hydroxyl groups is 1. The lowest BCUT2D eigenvalue weighted by Crippen LogP contribution is -2.03. The molecule has 0 aliphatic carbocycles. The first-order chi connectivity index (χ1) is 3.95. The Hall–Kier alpha value is -0.580. The number of hydrogen-bond donors (Lipinski definition) is 1. The molecule has 0 aromatic carbocycles. The van der Waals surface area contributed by atoms with Gasteiger partial charge in [-0.2, -0.15) is 13.2 Å². The minimum absolute atomic E-state index is 0.590. The number of rotatable bonds is 1. The molecule has 0 saturated heterocycles. The number of aliphatic hydroxyl groups excluding tert-OH is 1. The predicted molar refractivity (Wildman–Crippen MR) is 22.3 cm³/mol. The minimum Gasteiger partial charge on any atom is -0.389 e. The molecule has 0 aliphatic rings. The molecule has 0 bridgehead atoms. The van der Waals surface area contributed by atoms with E-state index in [1.807, 2.05) is 0 Å². The van der Waals surface area contributed by atoms with Gasteiger partial charge in [0.25, 0.3) is 0 Å². The normalized spacial score (nSPS) is 14.1. The van der Waals surface area contributed by atoms with Gasteiger partial charge in [-0.15, -0.1) is 0 Å². The molecule has 5 heteroatoms. The second-order valence-electron chi connectivity index (χ2n) is 1.29. The fourth-order valence-corrected chi connectivity index (χ4v) is 0.223. The van der Waals surface area contributed by atoms with Crippen LogP contribution in [0.5, 0.6) is 0 Å². The zero-order valence-corrected chi connectivity index (χ0v) is 4.24. The standard InChI is InChI=1S/C4H4F4O/c5-3(2-9)1-4(6,7)8/h1,9H,2H2/b3-1+. The van der Waals surface area contributed by atoms with Crippen LogP contribution in [0.1, 0.15) is 0 Å². The van der Waals surface area contributed by atoms with Crippen molar-refractivity contribution in [3.63, 3.8) is 0 Å². The lowest BCUT2D eigenvalue weighted by molar-refractivity contribution is -0.0818. The van der Waals surface area contributed by atoms with Crippen molar-refractivity contribution in [3.05, 3.63) is 11.9 Å². The van der Waals surface area contributed by atoms with Gasteiger partial charge < -0.3 is 5.11 Å². The molecule has 0 rings (SSSR count). The highest BCUT2D eigenvalue weighted by molar-refractivity contribution is 4.96. The summed E-state index contributed by atoms with van der Waals surface area (Å²) in [6.07, 6.45) is -5.26. The van der Waals surface area contributed by atoms with Gasteiger partial charge in [-0.05, 0) is 0 Å². The molecule has 0 aromatic heterocycles. The maximum Gasteiger partial charge on any atom is 0.412 e. The van der Waals surface area contributed by atoms with Crippen molar-refractivity contribution < 1.29 is 22.7 Å². The Morgan fingerprint density at radius 3 is 2.00 bits per heavy atom. The van der Waals surface area contributed by atoms with E-state index < -0.39 is 24.7 Å². The molecular formula is C4H4F4O. The van der Waals surface area contributed by atoms with Gasteiger partial charge in [0.15, 0.2) is 0 Å². The van der Waals surface area contributed by atoms with Gasteiger partial charge in [-0.3, -0.25) is 0 Å². The Labute approximate surface area is 48.6 Å². The van der Waals surface area contributed by atoms with Crippen LogP contribution in [-0.2, 0) is 0 Å². The topological polar surface area (TPSA) is 20.2 Å². The number of halogens is 4. The summed E-state index contributed by atoms with van der Waals surface area (Å²) in [5, 5.41) is 7.75. The van der Waals surface area contributed by atoms with Crippen LogP contribution in [0.4, 0.5) is 17.6 Å². The third-order valence-electron chi connectivity index (χ3n) is 0.471. The van der Waals surface area contributed by atoms with Crippen LogP contribution < -0.4 is 0 Å². The van der Waals surface area contributed by atoms with E-state index in [1.54, 1.807) is 0 Å². The highest BCUT2D eigenvalue weighted by atomic mass is 19.4. The predicted octanol–water partition coefficient (Wildman–Crippen LogP) is 1.39. The van der Waals surface area contributed by atoms with Crippen LogP contribution in [0.25, 0.3) is 0 Å². The minimum atomic E-state index is -4.67. The Morgan fingerprint density at radius 1 is 1.44 bits per heavy atom. The van der Waals surface area contributed by atoms with Gasteiger partial charge in [0.1, 0.15) is 5.83 Å². The fourth-order valence-electron chi connectivity index (χ4n) is 0.223. The molecule has 0 aliphatic heterocycles. The van der Waals surface area contributed by atoms with Crippen LogP contribution in [0.15, 0.2) is 11.9 Å². The average Bonchev–Trinajstić information content (AvgIpc) is 1.62. The van der Waals surface area contributed by atoms with Crippen molar-refractivity contribution in [1.29, 1.82) is 0 Å². The molecule has 0 heterocycles. The molecule has 54 valence electrons. The van der Waals surface area contributed by atoms with Crippen molar-refractivity contribution in [3.8, 4) is 0 Å². The van der Waals surface area contributed by atoms with Crippen LogP contribution in [-0.4, -0.2) is 17.9 Å². The second kappa shape index (κ2) is 2.82. The SMILES string of the molecule is OC/C(F)=C\C(F)(F)F. The van der Waals surface area contributed by atoms with E-state index in [-0.39, 0.29) is 0 Å². The molecule has 0 aromatic rings. The Kier molecular flexibility index (Phi) is 2.64. The monoisotopic (exact) mass is 144 g/mol. The lowest BCUT2D eigenvalue weighted by atomic mass is 10.5. The van der Waals surface area contributed by atoms with E-state index in [0.29, 0.717) is 0 Å². The van der Waals surface area contributed by atoms with Crippen molar-refractivity contribution in [2.24, 2.45) is 0 Å². The van der Waals surface area contributed by atoms with E-state index in [0.717, 1.165) is 0 Å². The Balaban J connectivity index is 3.95. The van der Waals surface area contributed by atoms with Crippen LogP contribution >= 0.6 is 0 Å². The molecule has 0 spiro atoms. The molecule has 9 heavy (non-hydrogen) atoms. The van der Waals surface area contributed by atoms with E-state index in [1.165, 1.54) is 0 Å². The molecule has 0 atom stereocenters. The van der Waals surface area contributed by atoms with E-state index in [4.69, 9.17) is 5.11 Å². The van der Waals surface area contributed by atoms with Crippen molar-refractivity contribution in [2.75, 3.05) is 6.61 Å². The number of alkyl halides is 3. The van der Waals surface area contributed by atoms with Gasteiger partial charge >= 0.3 is 6.18 Å². The summed E-state index contributed by atoms with van der Waals surface area (Å²) in [6, 6.07) is 0. The highest BCUT2D eigenvalue weighted by Crippen LogP contribution is 2.18. The van der Waals surface area contributed by atoms with Gasteiger partial charge in [0.2, 0.25) is 0 Å². The zero-order chi connectivity index (χ0) is 7.49. The first-order valence-corrected chi connectivity index (χ1v) is 2.00. The molecule has 0 amide bonds. The number of allylic oxidation sites excluding steroid dienone is 1. The third kappa shape index (κ3) is 5.29. The fraction of sp³-hybridized carbons (Fsp3) is 0.500. The van der Waals surface area contributed by atoms with Crippen molar-refractivity contribution >= 4 is 0 Å². The quantitative estimate of drug-likeness (QED) is 0.551. The average molecular weight is 144 g/mol. The number of hydrogen-bond acceptors (Lipinski definition) is 1. The zero-order valence-electron chi connectivity index (χ0n) is 4.24. The maximum absolute atomic E-state index is 11.5. The maximum atomic E-state index is 11.5. The van der Waals surface area contributed by atoms with Crippen LogP contribution in [0, 0.1) is 0 Å². The summed E-state index contributed by atoms with van der Waals surface area (Å²) in [5.41, 5.74) is 0. The van der Waals surface area contributed by atoms with Gasteiger partial charge in [-0.1, -0.05) is 0 Å². The van der Waals surface area contributed by atoms with Crippen molar-refractivity contribution in [1.82, 2.24) is 0 Å². The van der Waals surface area contributed by atoms with E-state index in [2.05, 4.69) is 0 Å². The molecular weight excluding hydrogens is 140 g/mol. The lowest BCUT2D eigenvalue weighted by Gasteiger charge is -1.96. The van der Waals surface area contributed by atoms with Crippen molar-refractivity contribution in [2.45, 2.75) is 6.18 Å². The van der Waals surface area contributed by atoms with E-state index >= 15 is 0 Å². The Bertz CT molecular complexity index is 114. The first-order valence-electron chi connectivity index (χ1n) is 2.00. The molecule has 0 unspecified atom stereocenters. The summed E-state index contributed by atoms with van der Waals surface area (Å²) >= 11 is 0. The largest absolute Gasteiger partial charge is 0.412 e. The van der Waals surface area contributed by atoms with Crippen LogP contribution in [0.3, 0.4) is 0 Å². The first kappa shape index (κ1) is 8.42. The molecule has 0 fully saturated rings. The summed E-state index contributed by atoms with van der Waals surface area (Å²) in [7, 11) is 0. The summed E-state index contributed by atoms with van der Waals surface area (Å²) in [6.45, 7) is -1.21. The smallest absolute Gasteiger partial charge is 0.389 e.